The summed E-state index contributed by atoms with van der Waals surface area (Å²) >= 11 is 0. The Morgan fingerprint density at radius 2 is 1.45 bits per heavy atom. The normalized spacial score (nSPS) is 10.4. The highest BCUT2D eigenvalue weighted by Crippen LogP contribution is 2.41. The van der Waals surface area contributed by atoms with Crippen molar-refractivity contribution < 1.29 is 18.4 Å². The maximum Gasteiger partial charge on any atom is 0.227 e. The Kier molecular flexibility index (Phi) is 6.42. The number of furan rings is 1. The Morgan fingerprint density at radius 1 is 0.848 bits per heavy atom. The fourth-order valence-electron chi connectivity index (χ4n) is 3.50. The van der Waals surface area contributed by atoms with Crippen molar-refractivity contribution in [3.63, 3.8) is 0 Å². The van der Waals surface area contributed by atoms with E-state index in [1.54, 1.807) is 0 Å². The maximum atomic E-state index is 13.0. The largest absolute Gasteiger partial charge is 0.438 e. The van der Waals surface area contributed by atoms with Gasteiger partial charge in [-0.05, 0) is 29.8 Å². The lowest BCUT2D eigenvalue weighted by atomic mass is 9.98. The summed E-state index contributed by atoms with van der Waals surface area (Å²) < 4.78 is 19.0. The molecule has 1 heterocycles. The van der Waals surface area contributed by atoms with E-state index in [-0.39, 0.29) is 30.1 Å². The zero-order valence-corrected chi connectivity index (χ0v) is 17.5. The van der Waals surface area contributed by atoms with Gasteiger partial charge >= 0.3 is 0 Å². The number of anilines is 1. The van der Waals surface area contributed by atoms with Crippen LogP contribution in [-0.4, -0.2) is 11.7 Å². The summed E-state index contributed by atoms with van der Waals surface area (Å²) in [6.45, 7) is 0. The van der Waals surface area contributed by atoms with Crippen molar-refractivity contribution >= 4 is 17.6 Å². The highest BCUT2D eigenvalue weighted by atomic mass is 19.1. The lowest BCUT2D eigenvalue weighted by Gasteiger charge is -2.03. The van der Waals surface area contributed by atoms with Crippen LogP contribution in [0.2, 0.25) is 0 Å². The monoisotopic (exact) mass is 438 g/mol. The van der Waals surface area contributed by atoms with Crippen LogP contribution >= 0.6 is 0 Å². The van der Waals surface area contributed by atoms with E-state index >= 15 is 0 Å². The average Bonchev–Trinajstić information content (AvgIpc) is 3.22. The molecule has 0 unspecified atom stereocenters. The summed E-state index contributed by atoms with van der Waals surface area (Å²) in [5, 5.41) is 12.5. The van der Waals surface area contributed by atoms with Gasteiger partial charge < -0.3 is 4.42 Å². The maximum absolute atomic E-state index is 13.0. The molecule has 33 heavy (non-hydrogen) atoms. The number of nitrogens with zero attached hydrogens (tertiary/aromatic N) is 1. The first-order valence-electron chi connectivity index (χ1n) is 10.3. The van der Waals surface area contributed by atoms with E-state index in [9.17, 15) is 19.2 Å². The number of amides is 1. The SMILES string of the molecule is N#Cc1c(NC(=O)CCC(=O)c2ccc(F)cc2)oc(-c2ccccc2)c1-c1ccccc1. The van der Waals surface area contributed by atoms with Crippen LogP contribution < -0.4 is 5.32 Å². The van der Waals surface area contributed by atoms with Gasteiger partial charge in [0.25, 0.3) is 0 Å². The van der Waals surface area contributed by atoms with E-state index in [4.69, 9.17) is 4.42 Å². The van der Waals surface area contributed by atoms with E-state index < -0.39 is 11.7 Å². The molecule has 0 aliphatic rings. The molecular weight excluding hydrogens is 419 g/mol. The third-order valence-corrected chi connectivity index (χ3v) is 5.12. The molecule has 6 heteroatoms. The number of nitriles is 1. The van der Waals surface area contributed by atoms with E-state index in [1.807, 2.05) is 60.7 Å². The number of hydrogen-bond donors (Lipinski definition) is 1. The minimum Gasteiger partial charge on any atom is -0.438 e. The van der Waals surface area contributed by atoms with E-state index in [0.717, 1.165) is 11.1 Å². The van der Waals surface area contributed by atoms with E-state index in [2.05, 4.69) is 11.4 Å². The number of carbonyl (C=O) groups is 2. The number of carbonyl (C=O) groups excluding carboxylic acids is 2. The Hall–Kier alpha value is -4.50. The molecule has 0 spiro atoms. The molecule has 0 saturated heterocycles. The van der Waals surface area contributed by atoms with Gasteiger partial charge in [-0.15, -0.1) is 0 Å². The fourth-order valence-corrected chi connectivity index (χ4v) is 3.50. The molecule has 5 nitrogen and oxygen atoms in total. The van der Waals surface area contributed by atoms with Gasteiger partial charge in [0, 0.05) is 29.5 Å². The molecule has 4 rings (SSSR count). The lowest BCUT2D eigenvalue weighted by Crippen LogP contribution is -2.13. The summed E-state index contributed by atoms with van der Waals surface area (Å²) in [6.07, 6.45) is -0.166. The summed E-state index contributed by atoms with van der Waals surface area (Å²) in [5.41, 5.74) is 2.67. The molecule has 1 N–H and O–H groups in total. The number of ketones is 1. The van der Waals surface area contributed by atoms with Gasteiger partial charge in [0.1, 0.15) is 23.2 Å². The van der Waals surface area contributed by atoms with Crippen LogP contribution in [0.4, 0.5) is 10.3 Å². The Bertz CT molecular complexity index is 1320. The molecule has 0 saturated carbocycles. The van der Waals surface area contributed by atoms with Crippen LogP contribution in [-0.2, 0) is 4.79 Å². The highest BCUT2D eigenvalue weighted by Gasteiger charge is 2.24. The van der Waals surface area contributed by atoms with Crippen molar-refractivity contribution in [1.82, 2.24) is 0 Å². The summed E-state index contributed by atoms with van der Waals surface area (Å²) in [4.78, 5) is 24.9. The lowest BCUT2D eigenvalue weighted by molar-refractivity contribution is -0.116. The Morgan fingerprint density at radius 3 is 2.06 bits per heavy atom. The second-order valence-corrected chi connectivity index (χ2v) is 7.33. The first-order chi connectivity index (χ1) is 16.1. The van der Waals surface area contributed by atoms with Crippen LogP contribution in [0, 0.1) is 17.1 Å². The molecule has 0 atom stereocenters. The van der Waals surface area contributed by atoms with Gasteiger partial charge in [-0.1, -0.05) is 60.7 Å². The average molecular weight is 438 g/mol. The van der Waals surface area contributed by atoms with Gasteiger partial charge in [-0.2, -0.15) is 5.26 Å². The highest BCUT2D eigenvalue weighted by molar-refractivity contribution is 6.01. The van der Waals surface area contributed by atoms with E-state index in [1.165, 1.54) is 24.3 Å². The molecule has 0 bridgehead atoms. The second-order valence-electron chi connectivity index (χ2n) is 7.33. The zero-order valence-electron chi connectivity index (χ0n) is 17.5. The number of Topliss-reactive ketones (excluding diaryl/α,β-unsaturated/α-hetero) is 1. The quantitative estimate of drug-likeness (QED) is 0.347. The molecule has 1 amide bonds. The van der Waals surface area contributed by atoms with E-state index in [0.29, 0.717) is 16.9 Å². The number of nitrogens with one attached hydrogen (secondary N) is 1. The minimum atomic E-state index is -0.463. The van der Waals surface area contributed by atoms with Crippen molar-refractivity contribution in [1.29, 1.82) is 5.26 Å². The predicted molar refractivity (Wildman–Crippen MR) is 123 cm³/mol. The van der Waals surface area contributed by atoms with Crippen LogP contribution in [0.1, 0.15) is 28.8 Å². The van der Waals surface area contributed by atoms with Gasteiger partial charge in [-0.3, -0.25) is 14.9 Å². The van der Waals surface area contributed by atoms with Crippen LogP contribution in [0.3, 0.4) is 0 Å². The molecule has 0 aliphatic carbocycles. The van der Waals surface area contributed by atoms with Gasteiger partial charge in [0.2, 0.25) is 11.8 Å². The minimum absolute atomic E-state index is 0.0365. The molecule has 0 radical (unpaired) electrons. The summed E-state index contributed by atoms with van der Waals surface area (Å²) in [5.74, 6) is -0.671. The molecule has 3 aromatic carbocycles. The first-order valence-corrected chi connectivity index (χ1v) is 10.3. The van der Waals surface area contributed by atoms with Crippen molar-refractivity contribution in [2.45, 2.75) is 12.8 Å². The van der Waals surface area contributed by atoms with Crippen LogP contribution in [0.5, 0.6) is 0 Å². The van der Waals surface area contributed by atoms with Gasteiger partial charge in [0.15, 0.2) is 5.78 Å². The smallest absolute Gasteiger partial charge is 0.227 e. The Labute approximate surface area is 190 Å². The molecular formula is C27H19FN2O3. The third-order valence-electron chi connectivity index (χ3n) is 5.12. The van der Waals surface area contributed by atoms with Crippen molar-refractivity contribution in [2.75, 3.05) is 5.32 Å². The fraction of sp³-hybridized carbons (Fsp3) is 0.0741. The molecule has 1 aromatic heterocycles. The van der Waals surface area contributed by atoms with Gasteiger partial charge in [0.05, 0.1) is 0 Å². The molecule has 162 valence electrons. The number of halogens is 1. The van der Waals surface area contributed by atoms with Crippen LogP contribution in [0.15, 0.2) is 89.3 Å². The van der Waals surface area contributed by atoms with Crippen molar-refractivity contribution in [3.8, 4) is 28.5 Å². The molecule has 0 fully saturated rings. The number of rotatable bonds is 7. The Balaban J connectivity index is 1.59. The standard InChI is InChI=1S/C27H19FN2O3/c28-21-13-11-18(12-14-21)23(31)15-16-24(32)30-27-22(17-29)25(19-7-3-1-4-8-19)26(33-27)20-9-5-2-6-10-20/h1-14H,15-16H2,(H,30,32). The zero-order chi connectivity index (χ0) is 23.2. The predicted octanol–water partition coefficient (Wildman–Crippen LogP) is 6.23. The molecule has 0 aliphatic heterocycles. The number of benzene rings is 3. The van der Waals surface area contributed by atoms with Crippen LogP contribution in [0.25, 0.3) is 22.5 Å². The number of hydrogen-bond acceptors (Lipinski definition) is 4. The first kappa shape index (κ1) is 21.7. The van der Waals surface area contributed by atoms with Crippen molar-refractivity contribution in [2.24, 2.45) is 0 Å². The topological polar surface area (TPSA) is 83.1 Å². The van der Waals surface area contributed by atoms with Gasteiger partial charge in [-0.25, -0.2) is 4.39 Å². The third kappa shape index (κ3) is 4.89. The summed E-state index contributed by atoms with van der Waals surface area (Å²) in [7, 11) is 0. The second kappa shape index (κ2) is 9.75. The summed E-state index contributed by atoms with van der Waals surface area (Å²) in [6, 6.07) is 25.9. The van der Waals surface area contributed by atoms with Crippen molar-refractivity contribution in [3.05, 3.63) is 102 Å². The molecule has 4 aromatic rings.